The molecule has 0 radical (unpaired) electrons. The molecule has 1 aliphatic rings. The van der Waals surface area contributed by atoms with Crippen molar-refractivity contribution in [1.82, 2.24) is 15.0 Å². The molecule has 1 aliphatic heterocycles. The zero-order chi connectivity index (χ0) is 11.7. The molecule has 0 aliphatic carbocycles. The molecule has 88 valence electrons. The lowest BCUT2D eigenvalue weighted by molar-refractivity contribution is 0.122. The second-order valence-corrected chi connectivity index (χ2v) is 3.86. The van der Waals surface area contributed by atoms with Crippen LogP contribution in [0.5, 0.6) is 0 Å². The molecule has 0 aromatic carbocycles. The van der Waals surface area contributed by atoms with Gasteiger partial charge in [-0.3, -0.25) is 4.98 Å². The first-order valence-electron chi connectivity index (χ1n) is 5.52. The standard InChI is InChI=1S/C11H12N4O2/c16-11-13-8-2-1-3-12-9(8)10(14-11)15-4-6-17-7-5-15/h1-3H,4-7H2,(H,13,14,16). The van der Waals surface area contributed by atoms with Crippen LogP contribution >= 0.6 is 0 Å². The van der Waals surface area contributed by atoms with Gasteiger partial charge in [0.25, 0.3) is 0 Å². The summed E-state index contributed by atoms with van der Waals surface area (Å²) in [5.41, 5.74) is 1.11. The molecule has 1 fully saturated rings. The van der Waals surface area contributed by atoms with Gasteiger partial charge in [0.15, 0.2) is 5.82 Å². The van der Waals surface area contributed by atoms with E-state index in [4.69, 9.17) is 4.74 Å². The van der Waals surface area contributed by atoms with Crippen molar-refractivity contribution in [2.24, 2.45) is 0 Å². The molecule has 0 amide bonds. The fourth-order valence-electron chi connectivity index (χ4n) is 1.97. The van der Waals surface area contributed by atoms with Crippen LogP contribution in [-0.4, -0.2) is 41.3 Å². The molecule has 0 bridgehead atoms. The summed E-state index contributed by atoms with van der Waals surface area (Å²) in [5, 5.41) is 0. The van der Waals surface area contributed by atoms with E-state index in [1.165, 1.54) is 0 Å². The van der Waals surface area contributed by atoms with E-state index in [1.807, 2.05) is 11.0 Å². The number of hydrogen-bond acceptors (Lipinski definition) is 5. The third-order valence-corrected chi connectivity index (χ3v) is 2.78. The highest BCUT2D eigenvalue weighted by atomic mass is 16.5. The summed E-state index contributed by atoms with van der Waals surface area (Å²) in [7, 11) is 0. The zero-order valence-corrected chi connectivity index (χ0v) is 9.22. The number of aromatic amines is 1. The van der Waals surface area contributed by atoms with Crippen molar-refractivity contribution in [2.45, 2.75) is 0 Å². The lowest BCUT2D eigenvalue weighted by Crippen LogP contribution is -2.38. The molecule has 0 atom stereocenters. The summed E-state index contributed by atoms with van der Waals surface area (Å²) in [6.07, 6.45) is 1.70. The minimum Gasteiger partial charge on any atom is -0.378 e. The van der Waals surface area contributed by atoms with Gasteiger partial charge in [0.05, 0.1) is 18.7 Å². The van der Waals surface area contributed by atoms with E-state index < -0.39 is 0 Å². The lowest BCUT2D eigenvalue weighted by Gasteiger charge is -2.27. The van der Waals surface area contributed by atoms with Gasteiger partial charge in [-0.05, 0) is 12.1 Å². The predicted molar refractivity (Wildman–Crippen MR) is 63.2 cm³/mol. The van der Waals surface area contributed by atoms with Crippen LogP contribution in [0.4, 0.5) is 5.82 Å². The number of H-pyrrole nitrogens is 1. The Kier molecular flexibility index (Phi) is 2.49. The molecule has 2 aromatic rings. The molecule has 6 nitrogen and oxygen atoms in total. The molecule has 2 aromatic heterocycles. The number of rotatable bonds is 1. The summed E-state index contributed by atoms with van der Waals surface area (Å²) in [4.78, 5) is 24.5. The van der Waals surface area contributed by atoms with Gasteiger partial charge in [-0.15, -0.1) is 0 Å². The molecule has 1 saturated heterocycles. The van der Waals surface area contributed by atoms with Crippen LogP contribution in [-0.2, 0) is 4.74 Å². The van der Waals surface area contributed by atoms with Crippen molar-refractivity contribution in [3.63, 3.8) is 0 Å². The maximum Gasteiger partial charge on any atom is 0.347 e. The van der Waals surface area contributed by atoms with Crippen LogP contribution < -0.4 is 10.6 Å². The van der Waals surface area contributed by atoms with Gasteiger partial charge in [0.1, 0.15) is 5.52 Å². The van der Waals surface area contributed by atoms with Gasteiger partial charge in [-0.1, -0.05) is 0 Å². The second-order valence-electron chi connectivity index (χ2n) is 3.86. The largest absolute Gasteiger partial charge is 0.378 e. The van der Waals surface area contributed by atoms with Crippen LogP contribution in [0, 0.1) is 0 Å². The maximum absolute atomic E-state index is 11.5. The average Bonchev–Trinajstić information content (AvgIpc) is 2.39. The van der Waals surface area contributed by atoms with Crippen molar-refractivity contribution in [3.05, 3.63) is 28.8 Å². The third kappa shape index (κ3) is 1.87. The quantitative estimate of drug-likeness (QED) is 0.758. The normalized spacial score (nSPS) is 16.4. The molecular formula is C11H12N4O2. The topological polar surface area (TPSA) is 71.1 Å². The number of fused-ring (bicyclic) bond motifs is 1. The molecular weight excluding hydrogens is 220 g/mol. The lowest BCUT2D eigenvalue weighted by atomic mass is 10.3. The molecule has 0 saturated carbocycles. The Labute approximate surface area is 97.3 Å². The summed E-state index contributed by atoms with van der Waals surface area (Å²) in [5.74, 6) is 0.646. The van der Waals surface area contributed by atoms with Gasteiger partial charge in [-0.25, -0.2) is 4.79 Å². The molecule has 3 heterocycles. The maximum atomic E-state index is 11.5. The van der Waals surface area contributed by atoms with E-state index in [0.717, 1.165) is 18.6 Å². The van der Waals surface area contributed by atoms with E-state index in [-0.39, 0.29) is 5.69 Å². The summed E-state index contributed by atoms with van der Waals surface area (Å²) in [6.45, 7) is 2.79. The fraction of sp³-hybridized carbons (Fsp3) is 0.364. The van der Waals surface area contributed by atoms with Crippen LogP contribution in [0.15, 0.2) is 23.1 Å². The van der Waals surface area contributed by atoms with Crippen molar-refractivity contribution < 1.29 is 4.74 Å². The smallest absolute Gasteiger partial charge is 0.347 e. The van der Waals surface area contributed by atoms with Crippen molar-refractivity contribution >= 4 is 16.9 Å². The summed E-state index contributed by atoms with van der Waals surface area (Å²) in [6, 6.07) is 3.62. The predicted octanol–water partition coefficient (Wildman–Crippen LogP) is 0.155. The Hall–Kier alpha value is -1.95. The number of nitrogens with one attached hydrogen (secondary N) is 1. The first-order chi connectivity index (χ1) is 8.34. The Morgan fingerprint density at radius 3 is 3.00 bits per heavy atom. The van der Waals surface area contributed by atoms with Gasteiger partial charge in [-0.2, -0.15) is 4.98 Å². The van der Waals surface area contributed by atoms with E-state index in [2.05, 4.69) is 15.0 Å². The van der Waals surface area contributed by atoms with Crippen molar-refractivity contribution in [1.29, 1.82) is 0 Å². The second kappa shape index (κ2) is 4.14. The number of pyridine rings is 1. The van der Waals surface area contributed by atoms with Gasteiger partial charge in [0.2, 0.25) is 0 Å². The van der Waals surface area contributed by atoms with E-state index in [0.29, 0.717) is 24.5 Å². The average molecular weight is 232 g/mol. The molecule has 6 heteroatoms. The summed E-state index contributed by atoms with van der Waals surface area (Å²) < 4.78 is 5.29. The highest BCUT2D eigenvalue weighted by Crippen LogP contribution is 2.19. The first kappa shape index (κ1) is 10.2. The van der Waals surface area contributed by atoms with E-state index >= 15 is 0 Å². The van der Waals surface area contributed by atoms with Crippen molar-refractivity contribution in [3.8, 4) is 0 Å². The minimum absolute atomic E-state index is 0.341. The van der Waals surface area contributed by atoms with Gasteiger partial charge in [0, 0.05) is 19.3 Å². The van der Waals surface area contributed by atoms with Crippen LogP contribution in [0.3, 0.4) is 0 Å². The summed E-state index contributed by atoms with van der Waals surface area (Å²) >= 11 is 0. The van der Waals surface area contributed by atoms with Crippen LogP contribution in [0.2, 0.25) is 0 Å². The first-order valence-corrected chi connectivity index (χ1v) is 5.52. The van der Waals surface area contributed by atoms with Crippen molar-refractivity contribution in [2.75, 3.05) is 31.2 Å². The van der Waals surface area contributed by atoms with Crippen LogP contribution in [0.25, 0.3) is 11.0 Å². The Morgan fingerprint density at radius 1 is 1.35 bits per heavy atom. The monoisotopic (exact) mass is 232 g/mol. The van der Waals surface area contributed by atoms with Crippen LogP contribution in [0.1, 0.15) is 0 Å². The highest BCUT2D eigenvalue weighted by molar-refractivity contribution is 5.84. The number of anilines is 1. The SMILES string of the molecule is O=c1nc(N2CCOCC2)c2ncccc2[nH]1. The third-order valence-electron chi connectivity index (χ3n) is 2.78. The molecule has 0 unspecified atom stereocenters. The number of nitrogens with zero attached hydrogens (tertiary/aromatic N) is 3. The zero-order valence-electron chi connectivity index (χ0n) is 9.22. The molecule has 0 spiro atoms. The number of morpholine rings is 1. The van der Waals surface area contributed by atoms with Gasteiger partial charge < -0.3 is 14.6 Å². The Bertz CT molecular complexity index is 589. The number of hydrogen-bond donors (Lipinski definition) is 1. The van der Waals surface area contributed by atoms with E-state index in [9.17, 15) is 4.79 Å². The Balaban J connectivity index is 2.16. The number of ether oxygens (including phenoxy) is 1. The molecule has 1 N–H and O–H groups in total. The minimum atomic E-state index is -0.341. The highest BCUT2D eigenvalue weighted by Gasteiger charge is 2.16. The van der Waals surface area contributed by atoms with Gasteiger partial charge >= 0.3 is 5.69 Å². The fourth-order valence-corrected chi connectivity index (χ4v) is 1.97. The molecule has 17 heavy (non-hydrogen) atoms. The molecule has 3 rings (SSSR count). The Morgan fingerprint density at radius 2 is 2.18 bits per heavy atom. The van der Waals surface area contributed by atoms with E-state index in [1.54, 1.807) is 12.3 Å². The number of aromatic nitrogens is 3.